The molecule has 17 heavy (non-hydrogen) atoms. The molecule has 0 unspecified atom stereocenters. The molecule has 0 amide bonds. The quantitative estimate of drug-likeness (QED) is 0.715. The third-order valence-electron chi connectivity index (χ3n) is 3.41. The number of carbonyl (C=O) groups is 1. The summed E-state index contributed by atoms with van der Waals surface area (Å²) in [5, 5.41) is 0.628. The van der Waals surface area contributed by atoms with Gasteiger partial charge < -0.3 is 9.64 Å². The van der Waals surface area contributed by atoms with Gasteiger partial charge in [0.05, 0.1) is 28.2 Å². The van der Waals surface area contributed by atoms with Gasteiger partial charge in [-0.2, -0.15) is 0 Å². The number of hydrogen-bond acceptors (Lipinski definition) is 3. The summed E-state index contributed by atoms with van der Waals surface area (Å²) < 4.78 is 5.55. The van der Waals surface area contributed by atoms with Crippen LogP contribution >= 0.6 is 11.6 Å². The second-order valence-corrected chi connectivity index (χ2v) is 4.54. The molecule has 0 aliphatic carbocycles. The zero-order valence-corrected chi connectivity index (χ0v) is 9.99. The van der Waals surface area contributed by atoms with Crippen LogP contribution in [0.2, 0.25) is 5.02 Å². The maximum atomic E-state index is 11.1. The van der Waals surface area contributed by atoms with Gasteiger partial charge in [-0.1, -0.05) is 30.3 Å². The van der Waals surface area contributed by atoms with Crippen molar-refractivity contribution in [3.05, 3.63) is 52.9 Å². The van der Waals surface area contributed by atoms with E-state index in [1.54, 1.807) is 0 Å². The molecule has 1 atom stereocenters. The number of likely N-dealkylation sites (N-methyl/N-ethyl adjacent to an activating group) is 1. The first-order chi connectivity index (χ1) is 8.13. The van der Waals surface area contributed by atoms with Gasteiger partial charge in [0, 0.05) is 12.6 Å². The van der Waals surface area contributed by atoms with E-state index in [1.165, 1.54) is 6.26 Å². The molecule has 3 nitrogen and oxygen atoms in total. The molecular formula is C13H10ClNO2. The number of fused-ring (bicyclic) bond motifs is 2. The SMILES string of the molecule is C=C1N(C)c2c(Cl)cccc2[C@]12OC=C2C=O. The molecule has 2 heterocycles. The zero-order valence-electron chi connectivity index (χ0n) is 9.24. The van der Waals surface area contributed by atoms with Crippen molar-refractivity contribution in [1.29, 1.82) is 0 Å². The lowest BCUT2D eigenvalue weighted by Gasteiger charge is -2.37. The predicted octanol–water partition coefficient (Wildman–Crippen LogP) is 2.61. The predicted molar refractivity (Wildman–Crippen MR) is 65.9 cm³/mol. The van der Waals surface area contributed by atoms with E-state index in [0.717, 1.165) is 17.5 Å². The highest BCUT2D eigenvalue weighted by Gasteiger charge is 2.55. The van der Waals surface area contributed by atoms with E-state index < -0.39 is 5.60 Å². The number of benzene rings is 1. The molecule has 0 bridgehead atoms. The molecule has 0 fully saturated rings. The van der Waals surface area contributed by atoms with Crippen LogP contribution in [-0.4, -0.2) is 13.3 Å². The van der Waals surface area contributed by atoms with E-state index in [2.05, 4.69) is 6.58 Å². The van der Waals surface area contributed by atoms with E-state index in [0.29, 0.717) is 16.3 Å². The summed E-state index contributed by atoms with van der Waals surface area (Å²) >= 11 is 6.18. The summed E-state index contributed by atoms with van der Waals surface area (Å²) in [5.74, 6) is 0. The Labute approximate surface area is 104 Å². The average Bonchev–Trinajstić information content (AvgIpc) is 2.51. The summed E-state index contributed by atoms with van der Waals surface area (Å²) in [6, 6.07) is 5.57. The topological polar surface area (TPSA) is 29.5 Å². The van der Waals surface area contributed by atoms with Crippen molar-refractivity contribution in [1.82, 2.24) is 0 Å². The van der Waals surface area contributed by atoms with Crippen molar-refractivity contribution in [2.45, 2.75) is 5.60 Å². The Morgan fingerprint density at radius 2 is 2.29 bits per heavy atom. The molecule has 1 spiro atoms. The number of rotatable bonds is 1. The fourth-order valence-corrected chi connectivity index (χ4v) is 2.78. The number of ether oxygens (including phenoxy) is 1. The molecule has 2 aliphatic rings. The lowest BCUT2D eigenvalue weighted by molar-refractivity contribution is -0.109. The minimum absolute atomic E-state index is 0.579. The van der Waals surface area contributed by atoms with Gasteiger partial charge in [-0.25, -0.2) is 0 Å². The van der Waals surface area contributed by atoms with Gasteiger partial charge in [0.2, 0.25) is 5.60 Å². The highest BCUT2D eigenvalue weighted by Crippen LogP contribution is 2.56. The zero-order chi connectivity index (χ0) is 12.2. The van der Waals surface area contributed by atoms with Crippen molar-refractivity contribution >= 4 is 23.6 Å². The molecule has 1 aromatic rings. The number of anilines is 1. The molecule has 0 saturated carbocycles. The molecule has 4 heteroatoms. The van der Waals surface area contributed by atoms with Crippen molar-refractivity contribution < 1.29 is 9.53 Å². The smallest absolute Gasteiger partial charge is 0.206 e. The Morgan fingerprint density at radius 1 is 1.53 bits per heavy atom. The summed E-state index contributed by atoms with van der Waals surface area (Å²) in [5.41, 5.74) is 2.20. The van der Waals surface area contributed by atoms with Crippen molar-refractivity contribution in [2.75, 3.05) is 11.9 Å². The summed E-state index contributed by atoms with van der Waals surface area (Å²) in [7, 11) is 1.87. The maximum Gasteiger partial charge on any atom is 0.206 e. The first-order valence-corrected chi connectivity index (χ1v) is 5.56. The molecule has 0 aromatic heterocycles. The third-order valence-corrected chi connectivity index (χ3v) is 3.71. The molecular weight excluding hydrogens is 238 g/mol. The van der Waals surface area contributed by atoms with Crippen LogP contribution in [-0.2, 0) is 15.1 Å². The van der Waals surface area contributed by atoms with Crippen molar-refractivity contribution in [3.63, 3.8) is 0 Å². The third kappa shape index (κ3) is 1.00. The van der Waals surface area contributed by atoms with Gasteiger partial charge in [0.25, 0.3) is 0 Å². The van der Waals surface area contributed by atoms with Gasteiger partial charge in [0.15, 0.2) is 6.29 Å². The molecule has 86 valence electrons. The van der Waals surface area contributed by atoms with Crippen LogP contribution in [0.3, 0.4) is 0 Å². The highest BCUT2D eigenvalue weighted by atomic mass is 35.5. The Morgan fingerprint density at radius 3 is 2.88 bits per heavy atom. The lowest BCUT2D eigenvalue weighted by Crippen LogP contribution is -2.39. The fourth-order valence-electron chi connectivity index (χ4n) is 2.48. The number of hydrogen-bond donors (Lipinski definition) is 0. The van der Waals surface area contributed by atoms with Crippen molar-refractivity contribution in [3.8, 4) is 0 Å². The van der Waals surface area contributed by atoms with Gasteiger partial charge in [-0.05, 0) is 6.07 Å². The molecule has 3 rings (SSSR count). The maximum absolute atomic E-state index is 11.1. The lowest BCUT2D eigenvalue weighted by atomic mass is 9.83. The number of carbonyl (C=O) groups excluding carboxylic acids is 1. The highest BCUT2D eigenvalue weighted by molar-refractivity contribution is 6.33. The Kier molecular flexibility index (Phi) is 1.92. The van der Waals surface area contributed by atoms with E-state index in [4.69, 9.17) is 16.3 Å². The number of aldehydes is 1. The molecule has 0 radical (unpaired) electrons. The van der Waals surface area contributed by atoms with Crippen LogP contribution in [0.1, 0.15) is 5.56 Å². The Hall–Kier alpha value is -1.74. The minimum Gasteiger partial charge on any atom is -0.478 e. The molecule has 1 aromatic carbocycles. The van der Waals surface area contributed by atoms with E-state index in [-0.39, 0.29) is 0 Å². The average molecular weight is 248 g/mol. The normalized spacial score (nSPS) is 25.2. The minimum atomic E-state index is -0.823. The van der Waals surface area contributed by atoms with Crippen LogP contribution < -0.4 is 4.90 Å². The van der Waals surface area contributed by atoms with Gasteiger partial charge >= 0.3 is 0 Å². The molecule has 0 saturated heterocycles. The fraction of sp³-hybridized carbons (Fsp3) is 0.154. The second-order valence-electron chi connectivity index (χ2n) is 4.13. The van der Waals surface area contributed by atoms with Crippen LogP contribution in [0.4, 0.5) is 5.69 Å². The summed E-state index contributed by atoms with van der Waals surface area (Å²) in [4.78, 5) is 12.9. The van der Waals surface area contributed by atoms with Crippen LogP contribution in [0.25, 0.3) is 0 Å². The van der Waals surface area contributed by atoms with Crippen LogP contribution in [0, 0.1) is 0 Å². The standard InChI is InChI=1S/C13H10ClNO2/c1-8-13(9(6-16)7-17-13)10-4-3-5-11(14)12(10)15(8)2/h3-7H,1H2,2H3/t13-/m0/s1. The number of nitrogens with zero attached hydrogens (tertiary/aromatic N) is 1. The van der Waals surface area contributed by atoms with E-state index in [1.807, 2.05) is 30.1 Å². The van der Waals surface area contributed by atoms with E-state index in [9.17, 15) is 4.79 Å². The second kappa shape index (κ2) is 3.14. The first kappa shape index (κ1) is 10.4. The van der Waals surface area contributed by atoms with Gasteiger partial charge in [-0.3, -0.25) is 4.79 Å². The monoisotopic (exact) mass is 247 g/mol. The van der Waals surface area contributed by atoms with Crippen molar-refractivity contribution in [2.24, 2.45) is 0 Å². The largest absolute Gasteiger partial charge is 0.478 e. The summed E-state index contributed by atoms with van der Waals surface area (Å²) in [6.07, 6.45) is 2.26. The Bertz CT molecular complexity index is 579. The van der Waals surface area contributed by atoms with Crippen LogP contribution in [0.5, 0.6) is 0 Å². The van der Waals surface area contributed by atoms with E-state index >= 15 is 0 Å². The molecule has 0 N–H and O–H groups in total. The number of para-hydroxylation sites is 1. The first-order valence-electron chi connectivity index (χ1n) is 5.18. The number of halogens is 1. The van der Waals surface area contributed by atoms with Crippen LogP contribution in [0.15, 0.2) is 42.3 Å². The van der Waals surface area contributed by atoms with Gasteiger partial charge in [-0.15, -0.1) is 0 Å². The summed E-state index contributed by atoms with van der Waals surface area (Å²) in [6.45, 7) is 4.01. The molecule has 2 aliphatic heterocycles. The van der Waals surface area contributed by atoms with Gasteiger partial charge in [0.1, 0.15) is 0 Å². The Balaban J connectivity index is 2.30.